The van der Waals surface area contributed by atoms with Gasteiger partial charge in [0.15, 0.2) is 0 Å². The van der Waals surface area contributed by atoms with Gasteiger partial charge < -0.3 is 11.5 Å². The van der Waals surface area contributed by atoms with Crippen molar-refractivity contribution in [1.82, 2.24) is 0 Å². The van der Waals surface area contributed by atoms with Gasteiger partial charge in [0.05, 0.1) is 0 Å². The van der Waals surface area contributed by atoms with Gasteiger partial charge in [-0.05, 0) is 0 Å². The molecule has 0 heterocycles. The number of benzene rings is 2. The van der Waals surface area contributed by atoms with Crippen LogP contribution in [0, 0.1) is 6.92 Å². The lowest BCUT2D eigenvalue weighted by Crippen LogP contribution is -2.17. The molecule has 82 valence electrons. The molecule has 0 aliphatic rings. The Bertz CT molecular complexity index is 447. The van der Waals surface area contributed by atoms with Gasteiger partial charge in [0.1, 0.15) is 7.14 Å². The Morgan fingerprint density at radius 3 is 1.50 bits per heavy atom. The van der Waals surface area contributed by atoms with Crippen LogP contribution in [0.5, 0.6) is 0 Å². The van der Waals surface area contributed by atoms with E-state index in [9.17, 15) is 4.57 Å². The van der Waals surface area contributed by atoms with Gasteiger partial charge in [-0.25, -0.2) is 0 Å². The highest BCUT2D eigenvalue weighted by molar-refractivity contribution is 7.78. The molecule has 0 aliphatic carbocycles. The molecule has 2 aromatic rings. The minimum atomic E-state index is -2.52. The summed E-state index contributed by atoms with van der Waals surface area (Å²) < 4.78 is 12.9. The number of hydrogen-bond donors (Lipinski definition) is 0. The van der Waals surface area contributed by atoms with Crippen LogP contribution in [0.1, 0.15) is 0 Å². The van der Waals surface area contributed by atoms with Crippen LogP contribution < -0.4 is 10.6 Å². The van der Waals surface area contributed by atoms with Gasteiger partial charge in [-0.1, -0.05) is 60.7 Å². The molecule has 2 rings (SSSR count). The zero-order chi connectivity index (χ0) is 11.4. The third kappa shape index (κ3) is 1.96. The summed E-state index contributed by atoms with van der Waals surface area (Å²) in [6.45, 7) is 3.85. The SMILES string of the molecule is [CH2-]CP(=O)(c1ccccc1)c1ccccc1. The molecule has 2 heteroatoms. The van der Waals surface area contributed by atoms with Gasteiger partial charge in [-0.15, -0.1) is 6.16 Å². The van der Waals surface area contributed by atoms with E-state index in [0.29, 0.717) is 6.16 Å². The molecule has 0 saturated carbocycles. The Morgan fingerprint density at radius 2 is 1.19 bits per heavy atom. The lowest BCUT2D eigenvalue weighted by Gasteiger charge is -2.20. The highest BCUT2D eigenvalue weighted by Gasteiger charge is 2.21. The Morgan fingerprint density at radius 1 is 0.812 bits per heavy atom. The molecule has 0 amide bonds. The molecule has 16 heavy (non-hydrogen) atoms. The lowest BCUT2D eigenvalue weighted by atomic mass is 10.4. The van der Waals surface area contributed by atoms with E-state index in [-0.39, 0.29) is 0 Å². The topological polar surface area (TPSA) is 17.1 Å². The standard InChI is InChI=1S/C14H14OP/c1-2-16(15,13-9-5-3-6-10-13)14-11-7-4-8-12-14/h3-12H,1-2H2/q-1. The quantitative estimate of drug-likeness (QED) is 0.584. The normalized spacial score (nSPS) is 11.3. The minimum absolute atomic E-state index is 0.418. The minimum Gasteiger partial charge on any atom is -0.336 e. The van der Waals surface area contributed by atoms with E-state index in [0.717, 1.165) is 10.6 Å². The molecule has 0 N–H and O–H groups in total. The van der Waals surface area contributed by atoms with E-state index in [4.69, 9.17) is 0 Å². The van der Waals surface area contributed by atoms with Crippen molar-refractivity contribution in [2.24, 2.45) is 0 Å². The highest BCUT2D eigenvalue weighted by atomic mass is 31.2. The van der Waals surface area contributed by atoms with E-state index in [1.165, 1.54) is 0 Å². The summed E-state index contributed by atoms with van der Waals surface area (Å²) in [6.07, 6.45) is 0.418. The molecule has 0 bridgehead atoms. The van der Waals surface area contributed by atoms with Crippen LogP contribution in [0.4, 0.5) is 0 Å². The third-order valence-electron chi connectivity index (χ3n) is 2.66. The maximum atomic E-state index is 12.9. The molecule has 0 fully saturated rings. The molecule has 2 aromatic carbocycles. The molecule has 0 unspecified atom stereocenters. The second-order valence-corrected chi connectivity index (χ2v) is 6.59. The average molecular weight is 229 g/mol. The fourth-order valence-electron chi connectivity index (χ4n) is 1.74. The van der Waals surface area contributed by atoms with Crippen LogP contribution >= 0.6 is 7.14 Å². The Hall–Kier alpha value is -1.33. The Kier molecular flexibility index (Phi) is 3.26. The van der Waals surface area contributed by atoms with Crippen LogP contribution in [0.25, 0.3) is 0 Å². The zero-order valence-corrected chi connectivity index (χ0v) is 9.94. The van der Waals surface area contributed by atoms with Crippen LogP contribution in [-0.2, 0) is 4.57 Å². The fraction of sp³-hybridized carbons (Fsp3) is 0.0714. The van der Waals surface area contributed by atoms with Gasteiger partial charge >= 0.3 is 0 Å². The van der Waals surface area contributed by atoms with Crippen molar-refractivity contribution in [3.8, 4) is 0 Å². The summed E-state index contributed by atoms with van der Waals surface area (Å²) in [4.78, 5) is 0. The predicted molar refractivity (Wildman–Crippen MR) is 70.0 cm³/mol. The molecule has 0 aliphatic heterocycles. The Labute approximate surface area is 96.5 Å². The van der Waals surface area contributed by atoms with Crippen molar-refractivity contribution in [1.29, 1.82) is 0 Å². The van der Waals surface area contributed by atoms with Crippen LogP contribution in [0.3, 0.4) is 0 Å². The average Bonchev–Trinajstić information content (AvgIpc) is 2.40. The third-order valence-corrected chi connectivity index (χ3v) is 5.56. The summed E-state index contributed by atoms with van der Waals surface area (Å²) >= 11 is 0. The lowest BCUT2D eigenvalue weighted by molar-refractivity contribution is 0.588. The molecule has 0 saturated heterocycles. The zero-order valence-electron chi connectivity index (χ0n) is 9.04. The summed E-state index contributed by atoms with van der Waals surface area (Å²) in [7, 11) is -2.52. The van der Waals surface area contributed by atoms with Crippen LogP contribution in [0.2, 0.25) is 0 Å². The van der Waals surface area contributed by atoms with Gasteiger partial charge in [-0.2, -0.15) is 0 Å². The predicted octanol–water partition coefficient (Wildman–Crippen LogP) is 2.83. The summed E-state index contributed by atoms with van der Waals surface area (Å²) in [6, 6.07) is 19.2. The Balaban J connectivity index is 2.54. The van der Waals surface area contributed by atoms with Crippen molar-refractivity contribution < 1.29 is 4.57 Å². The van der Waals surface area contributed by atoms with E-state index in [2.05, 4.69) is 6.92 Å². The molecule has 0 aromatic heterocycles. The molecule has 0 atom stereocenters. The highest BCUT2D eigenvalue weighted by Crippen LogP contribution is 2.42. The van der Waals surface area contributed by atoms with Crippen LogP contribution in [-0.4, -0.2) is 6.16 Å². The molecular weight excluding hydrogens is 215 g/mol. The van der Waals surface area contributed by atoms with Crippen molar-refractivity contribution in [2.75, 3.05) is 6.16 Å². The largest absolute Gasteiger partial charge is 0.336 e. The first-order valence-electron chi connectivity index (χ1n) is 5.27. The first-order chi connectivity index (χ1) is 7.77. The van der Waals surface area contributed by atoms with Gasteiger partial charge in [0.25, 0.3) is 0 Å². The monoisotopic (exact) mass is 229 g/mol. The summed E-state index contributed by atoms with van der Waals surface area (Å²) in [5, 5.41) is 1.77. The fourth-order valence-corrected chi connectivity index (χ4v) is 3.87. The van der Waals surface area contributed by atoms with Crippen molar-refractivity contribution in [2.45, 2.75) is 0 Å². The van der Waals surface area contributed by atoms with Gasteiger partial charge in [0, 0.05) is 10.6 Å². The van der Waals surface area contributed by atoms with E-state index in [1.54, 1.807) is 0 Å². The summed E-state index contributed by atoms with van der Waals surface area (Å²) in [5.41, 5.74) is 0. The second kappa shape index (κ2) is 4.67. The van der Waals surface area contributed by atoms with E-state index >= 15 is 0 Å². The smallest absolute Gasteiger partial charge is 0.115 e. The molecule has 1 nitrogen and oxygen atoms in total. The molecule has 0 radical (unpaired) electrons. The molecule has 0 spiro atoms. The maximum Gasteiger partial charge on any atom is 0.115 e. The van der Waals surface area contributed by atoms with Crippen molar-refractivity contribution in [3.05, 3.63) is 67.6 Å². The second-order valence-electron chi connectivity index (χ2n) is 3.63. The number of hydrogen-bond acceptors (Lipinski definition) is 1. The molecular formula is C14H14OP-. The van der Waals surface area contributed by atoms with E-state index < -0.39 is 7.14 Å². The van der Waals surface area contributed by atoms with Crippen molar-refractivity contribution >= 4 is 17.8 Å². The maximum absolute atomic E-state index is 12.9. The number of rotatable bonds is 3. The van der Waals surface area contributed by atoms with Crippen molar-refractivity contribution in [3.63, 3.8) is 0 Å². The first kappa shape index (κ1) is 11.2. The summed E-state index contributed by atoms with van der Waals surface area (Å²) in [5.74, 6) is 0. The van der Waals surface area contributed by atoms with E-state index in [1.807, 2.05) is 60.7 Å². The first-order valence-corrected chi connectivity index (χ1v) is 7.16. The van der Waals surface area contributed by atoms with Gasteiger partial charge in [0.2, 0.25) is 0 Å². The van der Waals surface area contributed by atoms with Crippen LogP contribution in [0.15, 0.2) is 60.7 Å². The van der Waals surface area contributed by atoms with Gasteiger partial charge in [-0.3, -0.25) is 0 Å².